The van der Waals surface area contributed by atoms with Gasteiger partial charge in [0, 0.05) is 11.1 Å². The molecular formula is C13H7Cl3N4O2. The molecule has 0 spiro atoms. The van der Waals surface area contributed by atoms with Crippen LogP contribution in [0.25, 0.3) is 5.65 Å². The lowest BCUT2D eigenvalue weighted by Gasteiger charge is -2.20. The fourth-order valence-electron chi connectivity index (χ4n) is 2.01. The Labute approximate surface area is 139 Å². The molecule has 0 unspecified atom stereocenters. The number of fused-ring (bicyclic) bond motifs is 1. The van der Waals surface area contributed by atoms with E-state index >= 15 is 0 Å². The Morgan fingerprint density at radius 2 is 2.00 bits per heavy atom. The first-order valence-electron chi connectivity index (χ1n) is 5.96. The molecule has 3 rings (SSSR count). The molecule has 0 bridgehead atoms. The number of carboxylic acid groups (broad SMARTS) is 1. The molecule has 9 heteroatoms. The van der Waals surface area contributed by atoms with E-state index < -0.39 is 6.09 Å². The van der Waals surface area contributed by atoms with Crippen molar-refractivity contribution in [2.45, 2.75) is 0 Å². The number of aromatic nitrogens is 3. The zero-order valence-electron chi connectivity index (χ0n) is 10.7. The van der Waals surface area contributed by atoms with Crippen LogP contribution in [0.15, 0.2) is 36.5 Å². The van der Waals surface area contributed by atoms with Gasteiger partial charge in [-0.1, -0.05) is 40.9 Å². The first-order chi connectivity index (χ1) is 10.5. The maximum atomic E-state index is 11.7. The van der Waals surface area contributed by atoms with Crippen LogP contribution in [0.2, 0.25) is 15.2 Å². The lowest BCUT2D eigenvalue weighted by molar-refractivity contribution is 0.204. The fourth-order valence-corrected chi connectivity index (χ4v) is 2.53. The predicted octanol–water partition coefficient (Wildman–Crippen LogP) is 4.51. The molecule has 1 N–H and O–H groups in total. The maximum absolute atomic E-state index is 11.7. The van der Waals surface area contributed by atoms with Crippen molar-refractivity contribution < 1.29 is 9.90 Å². The van der Waals surface area contributed by atoms with Crippen LogP contribution in [0.5, 0.6) is 0 Å². The van der Waals surface area contributed by atoms with Gasteiger partial charge in [0.1, 0.15) is 16.0 Å². The first-order valence-corrected chi connectivity index (χ1v) is 7.09. The number of hydrogen-bond acceptors (Lipinski definition) is 3. The van der Waals surface area contributed by atoms with E-state index in [1.165, 1.54) is 22.8 Å². The van der Waals surface area contributed by atoms with Crippen LogP contribution in [0.1, 0.15) is 0 Å². The zero-order chi connectivity index (χ0) is 15.9. The summed E-state index contributed by atoms with van der Waals surface area (Å²) in [5.41, 5.74) is 0.604. The molecule has 0 aliphatic rings. The van der Waals surface area contributed by atoms with Gasteiger partial charge in [-0.2, -0.15) is 9.61 Å². The molecule has 1 amide bonds. The van der Waals surface area contributed by atoms with Crippen molar-refractivity contribution in [1.82, 2.24) is 14.6 Å². The number of anilines is 2. The molecule has 2 heterocycles. The lowest BCUT2D eigenvalue weighted by Crippen LogP contribution is -2.26. The second-order valence-electron chi connectivity index (χ2n) is 4.26. The van der Waals surface area contributed by atoms with Gasteiger partial charge in [0.15, 0.2) is 5.65 Å². The highest BCUT2D eigenvalue weighted by atomic mass is 35.5. The molecular weight excluding hydrogens is 351 g/mol. The van der Waals surface area contributed by atoms with E-state index in [0.29, 0.717) is 10.7 Å². The van der Waals surface area contributed by atoms with Crippen LogP contribution in [0.3, 0.4) is 0 Å². The van der Waals surface area contributed by atoms with Gasteiger partial charge >= 0.3 is 6.09 Å². The van der Waals surface area contributed by atoms with Crippen LogP contribution in [0, 0.1) is 0 Å². The molecule has 0 aliphatic carbocycles. The summed E-state index contributed by atoms with van der Waals surface area (Å²) in [6, 6.07) is 7.79. The Morgan fingerprint density at radius 1 is 1.23 bits per heavy atom. The van der Waals surface area contributed by atoms with E-state index in [1.807, 2.05) is 0 Å². The average Bonchev–Trinajstić information content (AvgIpc) is 2.80. The standard InChI is InChI=1S/C13H7Cl3N4O2/c14-7-2-1-3-8(4-7)19(13(21)22)11-5-10(16)18-12-9(15)6-17-20(11)12/h1-6H,(H,21,22). The highest BCUT2D eigenvalue weighted by Crippen LogP contribution is 2.31. The number of amides is 1. The molecule has 0 saturated carbocycles. The van der Waals surface area contributed by atoms with E-state index in [4.69, 9.17) is 34.8 Å². The van der Waals surface area contributed by atoms with Gasteiger partial charge in [-0.15, -0.1) is 0 Å². The van der Waals surface area contributed by atoms with Crippen LogP contribution < -0.4 is 4.90 Å². The van der Waals surface area contributed by atoms with Gasteiger partial charge in [-0.25, -0.2) is 14.7 Å². The third-order valence-corrected chi connectivity index (χ3v) is 3.56. The highest BCUT2D eigenvalue weighted by Gasteiger charge is 2.22. The van der Waals surface area contributed by atoms with Crippen molar-refractivity contribution in [1.29, 1.82) is 0 Å². The molecule has 112 valence electrons. The van der Waals surface area contributed by atoms with Crippen molar-refractivity contribution in [2.24, 2.45) is 0 Å². The smallest absolute Gasteiger partial charge is 0.417 e. The van der Waals surface area contributed by atoms with Crippen LogP contribution >= 0.6 is 34.8 Å². The van der Waals surface area contributed by atoms with Gasteiger partial charge in [0.2, 0.25) is 0 Å². The number of benzene rings is 1. The summed E-state index contributed by atoms with van der Waals surface area (Å²) in [5.74, 6) is 0.177. The molecule has 0 saturated heterocycles. The molecule has 0 fully saturated rings. The van der Waals surface area contributed by atoms with Crippen molar-refractivity contribution in [3.05, 3.63) is 51.7 Å². The third kappa shape index (κ3) is 2.56. The van der Waals surface area contributed by atoms with Gasteiger partial charge < -0.3 is 5.11 Å². The van der Waals surface area contributed by atoms with Crippen molar-refractivity contribution in [2.75, 3.05) is 4.90 Å². The fraction of sp³-hybridized carbons (Fsp3) is 0. The summed E-state index contributed by atoms with van der Waals surface area (Å²) in [6.07, 6.45) is 0.138. The highest BCUT2D eigenvalue weighted by molar-refractivity contribution is 6.34. The summed E-state index contributed by atoms with van der Waals surface area (Å²) in [5, 5.41) is 14.4. The van der Waals surface area contributed by atoms with E-state index in [1.54, 1.807) is 18.2 Å². The van der Waals surface area contributed by atoms with Crippen molar-refractivity contribution >= 4 is 58.0 Å². The predicted molar refractivity (Wildman–Crippen MR) is 84.6 cm³/mol. The van der Waals surface area contributed by atoms with E-state index in [2.05, 4.69) is 10.1 Å². The molecule has 6 nitrogen and oxygen atoms in total. The summed E-state index contributed by atoms with van der Waals surface area (Å²) in [6.45, 7) is 0. The first kappa shape index (κ1) is 14.9. The minimum atomic E-state index is -1.22. The van der Waals surface area contributed by atoms with Crippen LogP contribution in [-0.2, 0) is 0 Å². The summed E-state index contributed by atoms with van der Waals surface area (Å²) >= 11 is 17.9. The average molecular weight is 358 g/mol. The topological polar surface area (TPSA) is 70.7 Å². The summed E-state index contributed by atoms with van der Waals surface area (Å²) in [4.78, 5) is 16.8. The Morgan fingerprint density at radius 3 is 2.68 bits per heavy atom. The molecule has 22 heavy (non-hydrogen) atoms. The molecule has 0 radical (unpaired) electrons. The number of halogens is 3. The normalized spacial score (nSPS) is 10.9. The number of hydrogen-bond donors (Lipinski definition) is 1. The van der Waals surface area contributed by atoms with Gasteiger partial charge in [-0.3, -0.25) is 0 Å². The minimum Gasteiger partial charge on any atom is -0.464 e. The SMILES string of the molecule is O=C(O)N(c1cccc(Cl)c1)c1cc(Cl)nc2c(Cl)cnn12. The molecule has 1 aromatic carbocycles. The maximum Gasteiger partial charge on any atom is 0.417 e. The largest absolute Gasteiger partial charge is 0.464 e. The number of rotatable bonds is 2. The van der Waals surface area contributed by atoms with Crippen LogP contribution in [-0.4, -0.2) is 25.8 Å². The second kappa shape index (κ2) is 5.64. The second-order valence-corrected chi connectivity index (χ2v) is 5.49. The zero-order valence-corrected chi connectivity index (χ0v) is 13.0. The van der Waals surface area contributed by atoms with E-state index in [0.717, 1.165) is 4.90 Å². The number of nitrogens with zero attached hydrogens (tertiary/aromatic N) is 4. The Hall–Kier alpha value is -2.02. The number of carbonyl (C=O) groups is 1. The van der Waals surface area contributed by atoms with Gasteiger partial charge in [-0.05, 0) is 18.2 Å². The third-order valence-electron chi connectivity index (χ3n) is 2.87. The Kier molecular flexibility index (Phi) is 3.82. The summed E-state index contributed by atoms with van der Waals surface area (Å²) < 4.78 is 1.29. The van der Waals surface area contributed by atoms with E-state index in [9.17, 15) is 9.90 Å². The van der Waals surface area contributed by atoms with E-state index in [-0.39, 0.29) is 21.6 Å². The Balaban J connectivity index is 2.28. The summed E-state index contributed by atoms with van der Waals surface area (Å²) in [7, 11) is 0. The Bertz CT molecular complexity index is 881. The van der Waals surface area contributed by atoms with Gasteiger partial charge in [0.05, 0.1) is 11.9 Å². The van der Waals surface area contributed by atoms with Crippen molar-refractivity contribution in [3.8, 4) is 0 Å². The molecule has 0 aliphatic heterocycles. The quantitative estimate of drug-likeness (QED) is 0.685. The monoisotopic (exact) mass is 356 g/mol. The molecule has 0 atom stereocenters. The van der Waals surface area contributed by atoms with Crippen LogP contribution in [0.4, 0.5) is 16.3 Å². The lowest BCUT2D eigenvalue weighted by atomic mass is 10.3. The van der Waals surface area contributed by atoms with Crippen molar-refractivity contribution in [3.63, 3.8) is 0 Å². The van der Waals surface area contributed by atoms with Gasteiger partial charge in [0.25, 0.3) is 0 Å². The minimum absolute atomic E-state index is 0.0955. The molecule has 3 aromatic rings. The molecule has 2 aromatic heterocycles.